The summed E-state index contributed by atoms with van der Waals surface area (Å²) in [6, 6.07) is 8.62. The summed E-state index contributed by atoms with van der Waals surface area (Å²) < 4.78 is 6.98. The van der Waals surface area contributed by atoms with Gasteiger partial charge < -0.3 is 10.1 Å². The Hall–Kier alpha value is -0.380. The van der Waals surface area contributed by atoms with Gasteiger partial charge in [-0.25, -0.2) is 0 Å². The van der Waals surface area contributed by atoms with E-state index in [0.717, 1.165) is 30.6 Å². The van der Waals surface area contributed by atoms with Gasteiger partial charge in [0.1, 0.15) is 0 Å². The minimum absolute atomic E-state index is 0.0531. The van der Waals surface area contributed by atoms with E-state index < -0.39 is 0 Å². The van der Waals surface area contributed by atoms with Crippen LogP contribution in [0.3, 0.4) is 0 Å². The van der Waals surface area contributed by atoms with Crippen LogP contribution in [0.5, 0.6) is 0 Å². The number of rotatable bonds is 7. The van der Waals surface area contributed by atoms with Gasteiger partial charge in [-0.3, -0.25) is 0 Å². The van der Waals surface area contributed by atoms with Crippen molar-refractivity contribution in [1.29, 1.82) is 0 Å². The Morgan fingerprint density at radius 3 is 2.37 bits per heavy atom. The highest BCUT2D eigenvalue weighted by Gasteiger charge is 2.14. The largest absolute Gasteiger partial charge is 0.376 e. The van der Waals surface area contributed by atoms with E-state index in [9.17, 15) is 0 Å². The van der Waals surface area contributed by atoms with Crippen LogP contribution in [0.2, 0.25) is 0 Å². The highest BCUT2D eigenvalue weighted by molar-refractivity contribution is 9.10. The molecule has 2 nitrogen and oxygen atoms in total. The van der Waals surface area contributed by atoms with Crippen molar-refractivity contribution in [2.75, 3.05) is 19.7 Å². The summed E-state index contributed by atoms with van der Waals surface area (Å²) in [5, 5.41) is 3.44. The quantitative estimate of drug-likeness (QED) is 0.803. The van der Waals surface area contributed by atoms with E-state index in [1.165, 1.54) is 5.56 Å². The zero-order valence-electron chi connectivity index (χ0n) is 12.5. The van der Waals surface area contributed by atoms with Crippen molar-refractivity contribution in [3.63, 3.8) is 0 Å². The van der Waals surface area contributed by atoms with Gasteiger partial charge in [0.2, 0.25) is 0 Å². The first-order valence-electron chi connectivity index (χ1n) is 7.02. The van der Waals surface area contributed by atoms with Crippen LogP contribution in [0.15, 0.2) is 28.7 Å². The van der Waals surface area contributed by atoms with Crippen LogP contribution in [-0.2, 0) is 4.74 Å². The molecule has 0 saturated carbocycles. The fraction of sp³-hybridized carbons (Fsp3) is 0.625. The monoisotopic (exact) mass is 327 g/mol. The summed E-state index contributed by atoms with van der Waals surface area (Å²) in [6.45, 7) is 11.3. The number of halogens is 1. The maximum atomic E-state index is 5.85. The van der Waals surface area contributed by atoms with Crippen molar-refractivity contribution in [2.45, 2.75) is 45.6 Å². The van der Waals surface area contributed by atoms with Gasteiger partial charge in [-0.1, -0.05) is 35.0 Å². The molecule has 3 heteroatoms. The molecule has 0 aliphatic rings. The Balaban J connectivity index is 2.58. The molecule has 0 saturated heterocycles. The first kappa shape index (κ1) is 16.7. The molecule has 0 heterocycles. The van der Waals surface area contributed by atoms with Gasteiger partial charge in [-0.05, 0) is 57.4 Å². The van der Waals surface area contributed by atoms with Gasteiger partial charge in [0.15, 0.2) is 0 Å². The van der Waals surface area contributed by atoms with Gasteiger partial charge in [-0.15, -0.1) is 0 Å². The van der Waals surface area contributed by atoms with Crippen LogP contribution in [0.4, 0.5) is 0 Å². The smallest absolute Gasteiger partial charge is 0.0598 e. The van der Waals surface area contributed by atoms with Crippen LogP contribution in [0.25, 0.3) is 0 Å². The van der Waals surface area contributed by atoms with Crippen molar-refractivity contribution in [3.05, 3.63) is 34.3 Å². The topological polar surface area (TPSA) is 21.3 Å². The van der Waals surface area contributed by atoms with E-state index in [-0.39, 0.29) is 5.60 Å². The zero-order valence-corrected chi connectivity index (χ0v) is 14.1. The van der Waals surface area contributed by atoms with E-state index in [1.807, 2.05) is 0 Å². The minimum atomic E-state index is -0.0531. The molecule has 1 atom stereocenters. The lowest BCUT2D eigenvalue weighted by molar-refractivity contribution is -0.00622. The average molecular weight is 328 g/mol. The number of nitrogens with one attached hydrogen (secondary N) is 1. The third-order valence-electron chi connectivity index (χ3n) is 2.98. The number of benzene rings is 1. The maximum Gasteiger partial charge on any atom is 0.0598 e. The van der Waals surface area contributed by atoms with Crippen molar-refractivity contribution in [1.82, 2.24) is 5.32 Å². The normalized spacial score (nSPS) is 13.5. The van der Waals surface area contributed by atoms with Gasteiger partial charge in [0.25, 0.3) is 0 Å². The fourth-order valence-electron chi connectivity index (χ4n) is 1.95. The Morgan fingerprint density at radius 2 is 1.84 bits per heavy atom. The molecule has 1 aromatic carbocycles. The number of hydrogen-bond donors (Lipinski definition) is 1. The van der Waals surface area contributed by atoms with Crippen molar-refractivity contribution in [3.8, 4) is 0 Å². The third-order valence-corrected chi connectivity index (χ3v) is 3.51. The molecule has 0 aromatic heterocycles. The van der Waals surface area contributed by atoms with Gasteiger partial charge in [0.05, 0.1) is 5.60 Å². The lowest BCUT2D eigenvalue weighted by Crippen LogP contribution is -2.25. The minimum Gasteiger partial charge on any atom is -0.376 e. The van der Waals surface area contributed by atoms with Gasteiger partial charge >= 0.3 is 0 Å². The first-order chi connectivity index (χ1) is 8.92. The van der Waals surface area contributed by atoms with Gasteiger partial charge in [0, 0.05) is 17.6 Å². The van der Waals surface area contributed by atoms with Crippen molar-refractivity contribution < 1.29 is 4.74 Å². The maximum absolute atomic E-state index is 5.85. The predicted octanol–water partition coefficient (Wildman–Crippen LogP) is 4.35. The second-order valence-electron chi connectivity index (χ2n) is 5.81. The summed E-state index contributed by atoms with van der Waals surface area (Å²) in [5.74, 6) is 0.510. The average Bonchev–Trinajstić information content (AvgIpc) is 2.33. The molecular weight excluding hydrogens is 302 g/mol. The lowest BCUT2D eigenvalue weighted by atomic mass is 9.96. The van der Waals surface area contributed by atoms with E-state index in [2.05, 4.69) is 73.2 Å². The summed E-state index contributed by atoms with van der Waals surface area (Å²) in [7, 11) is 0. The molecule has 0 fully saturated rings. The molecule has 108 valence electrons. The number of ether oxygens (including phenoxy) is 1. The molecule has 0 bridgehead atoms. The Kier molecular flexibility index (Phi) is 7.05. The molecule has 1 aromatic rings. The standard InChI is InChI=1S/C16H26BrNO/c1-5-18-12-14(10-11-19-16(2,3)4)13-6-8-15(17)9-7-13/h6-9,14,18H,5,10-12H2,1-4H3. The first-order valence-corrected chi connectivity index (χ1v) is 7.82. The molecule has 0 aliphatic heterocycles. The molecule has 19 heavy (non-hydrogen) atoms. The van der Waals surface area contributed by atoms with Crippen molar-refractivity contribution >= 4 is 15.9 Å². The fourth-order valence-corrected chi connectivity index (χ4v) is 2.21. The SMILES string of the molecule is CCNCC(CCOC(C)(C)C)c1ccc(Br)cc1. The van der Waals surface area contributed by atoms with Crippen molar-refractivity contribution in [2.24, 2.45) is 0 Å². The predicted molar refractivity (Wildman–Crippen MR) is 85.7 cm³/mol. The molecule has 1 rings (SSSR count). The molecule has 0 spiro atoms. The lowest BCUT2D eigenvalue weighted by Gasteiger charge is -2.23. The Morgan fingerprint density at radius 1 is 1.21 bits per heavy atom. The Labute approximate surface area is 126 Å². The summed E-state index contributed by atoms with van der Waals surface area (Å²) >= 11 is 3.49. The van der Waals surface area contributed by atoms with E-state index >= 15 is 0 Å². The highest BCUT2D eigenvalue weighted by atomic mass is 79.9. The highest BCUT2D eigenvalue weighted by Crippen LogP contribution is 2.22. The van der Waals surface area contributed by atoms with E-state index in [0.29, 0.717) is 5.92 Å². The summed E-state index contributed by atoms with van der Waals surface area (Å²) in [6.07, 6.45) is 1.05. The molecule has 0 amide bonds. The van der Waals surface area contributed by atoms with Crippen LogP contribution < -0.4 is 5.32 Å². The zero-order chi connectivity index (χ0) is 14.3. The second-order valence-corrected chi connectivity index (χ2v) is 6.72. The molecule has 1 unspecified atom stereocenters. The number of likely N-dealkylation sites (N-methyl/N-ethyl adjacent to an activating group) is 1. The van der Waals surface area contributed by atoms with E-state index in [1.54, 1.807) is 0 Å². The third kappa shape index (κ3) is 7.09. The van der Waals surface area contributed by atoms with Crippen LogP contribution in [0.1, 0.15) is 45.6 Å². The van der Waals surface area contributed by atoms with Crippen LogP contribution >= 0.6 is 15.9 Å². The Bertz CT molecular complexity index is 356. The van der Waals surface area contributed by atoms with E-state index in [4.69, 9.17) is 4.74 Å². The van der Waals surface area contributed by atoms with Crippen LogP contribution in [-0.4, -0.2) is 25.3 Å². The second kappa shape index (κ2) is 8.03. The van der Waals surface area contributed by atoms with Crippen LogP contribution in [0, 0.1) is 0 Å². The molecule has 0 radical (unpaired) electrons. The van der Waals surface area contributed by atoms with Gasteiger partial charge in [-0.2, -0.15) is 0 Å². The summed E-state index contributed by atoms with van der Waals surface area (Å²) in [4.78, 5) is 0. The molecular formula is C16H26BrNO. The molecule has 0 aliphatic carbocycles. The number of hydrogen-bond acceptors (Lipinski definition) is 2. The molecule has 1 N–H and O–H groups in total. The summed E-state index contributed by atoms with van der Waals surface area (Å²) in [5.41, 5.74) is 1.32.